The summed E-state index contributed by atoms with van der Waals surface area (Å²) in [7, 11) is 0. The second kappa shape index (κ2) is 5.81. The van der Waals surface area contributed by atoms with E-state index in [1.165, 1.54) is 18.3 Å². The average molecular weight is 246 g/mol. The molecular formula is C12H14N4O2. The summed E-state index contributed by atoms with van der Waals surface area (Å²) in [4.78, 5) is 14.8. The van der Waals surface area contributed by atoms with Crippen LogP contribution in [0.5, 0.6) is 0 Å². The van der Waals surface area contributed by atoms with Crippen LogP contribution in [0.2, 0.25) is 0 Å². The van der Waals surface area contributed by atoms with Gasteiger partial charge < -0.3 is 10.4 Å². The van der Waals surface area contributed by atoms with Crippen molar-refractivity contribution in [1.82, 2.24) is 14.8 Å². The number of aromatic carboxylic acids is 1. The molecule has 0 unspecified atom stereocenters. The summed E-state index contributed by atoms with van der Waals surface area (Å²) in [6.45, 7) is 1.54. The zero-order valence-corrected chi connectivity index (χ0v) is 9.78. The van der Waals surface area contributed by atoms with Crippen LogP contribution in [-0.2, 0) is 6.54 Å². The monoisotopic (exact) mass is 246 g/mol. The molecule has 2 aromatic rings. The number of hydrogen-bond donors (Lipinski definition) is 2. The van der Waals surface area contributed by atoms with Gasteiger partial charge in [-0.15, -0.1) is 0 Å². The van der Waals surface area contributed by atoms with Gasteiger partial charge in [0, 0.05) is 31.7 Å². The first-order valence-corrected chi connectivity index (χ1v) is 5.66. The Morgan fingerprint density at radius 3 is 3.06 bits per heavy atom. The van der Waals surface area contributed by atoms with Gasteiger partial charge in [0.15, 0.2) is 0 Å². The maximum Gasteiger partial charge on any atom is 0.335 e. The highest BCUT2D eigenvalue weighted by Gasteiger charge is 2.03. The Morgan fingerprint density at radius 2 is 2.33 bits per heavy atom. The van der Waals surface area contributed by atoms with E-state index < -0.39 is 5.97 Å². The minimum absolute atomic E-state index is 0.236. The molecular weight excluding hydrogens is 232 g/mol. The van der Waals surface area contributed by atoms with Gasteiger partial charge in [0.2, 0.25) is 0 Å². The third-order valence-corrected chi connectivity index (χ3v) is 2.44. The molecule has 2 rings (SSSR count). The Kier molecular flexibility index (Phi) is 3.90. The third-order valence-electron chi connectivity index (χ3n) is 2.44. The number of pyridine rings is 1. The number of aryl methyl sites for hydroxylation is 1. The van der Waals surface area contributed by atoms with Gasteiger partial charge in [0.05, 0.1) is 5.56 Å². The summed E-state index contributed by atoms with van der Waals surface area (Å²) in [5.74, 6) is -0.368. The number of anilines is 1. The van der Waals surface area contributed by atoms with Gasteiger partial charge in [-0.1, -0.05) is 0 Å². The van der Waals surface area contributed by atoms with Crippen LogP contribution in [0.4, 0.5) is 5.82 Å². The van der Waals surface area contributed by atoms with Gasteiger partial charge in [0.25, 0.3) is 0 Å². The van der Waals surface area contributed by atoms with Gasteiger partial charge in [-0.3, -0.25) is 4.68 Å². The lowest BCUT2D eigenvalue weighted by Gasteiger charge is -2.06. The first-order chi connectivity index (χ1) is 8.75. The van der Waals surface area contributed by atoms with E-state index in [1.807, 2.05) is 16.9 Å². The van der Waals surface area contributed by atoms with Crippen molar-refractivity contribution in [2.45, 2.75) is 13.0 Å². The van der Waals surface area contributed by atoms with Crippen LogP contribution in [0, 0.1) is 0 Å². The van der Waals surface area contributed by atoms with Gasteiger partial charge in [-0.05, 0) is 24.6 Å². The van der Waals surface area contributed by atoms with E-state index in [9.17, 15) is 4.79 Å². The molecule has 0 atom stereocenters. The lowest BCUT2D eigenvalue weighted by atomic mass is 10.2. The van der Waals surface area contributed by atoms with Crippen LogP contribution in [0.3, 0.4) is 0 Å². The zero-order chi connectivity index (χ0) is 12.8. The van der Waals surface area contributed by atoms with Crippen LogP contribution in [0.25, 0.3) is 0 Å². The van der Waals surface area contributed by atoms with Gasteiger partial charge >= 0.3 is 5.97 Å². The summed E-state index contributed by atoms with van der Waals surface area (Å²) in [5, 5.41) is 16.0. The lowest BCUT2D eigenvalue weighted by Crippen LogP contribution is -2.08. The maximum atomic E-state index is 10.8. The summed E-state index contributed by atoms with van der Waals surface area (Å²) < 4.78 is 1.85. The quantitative estimate of drug-likeness (QED) is 0.754. The minimum Gasteiger partial charge on any atom is -0.478 e. The highest BCUT2D eigenvalue weighted by Crippen LogP contribution is 2.06. The van der Waals surface area contributed by atoms with Crippen molar-refractivity contribution < 1.29 is 9.90 Å². The standard InChI is InChI=1S/C12H14N4O2/c17-12(18)10-3-6-14-11(9-10)13-4-1-7-16-8-2-5-15-16/h2-3,5-6,8-9H,1,4,7H2,(H,13,14)(H,17,18). The summed E-state index contributed by atoms with van der Waals surface area (Å²) in [5.41, 5.74) is 0.236. The molecule has 0 aromatic carbocycles. The summed E-state index contributed by atoms with van der Waals surface area (Å²) in [6, 6.07) is 4.87. The van der Waals surface area contributed by atoms with Crippen molar-refractivity contribution in [3.8, 4) is 0 Å². The topological polar surface area (TPSA) is 80.0 Å². The molecule has 0 aliphatic carbocycles. The molecule has 0 spiro atoms. The molecule has 0 aliphatic heterocycles. The largest absolute Gasteiger partial charge is 0.478 e. The molecule has 2 aromatic heterocycles. The van der Waals surface area contributed by atoms with Crippen LogP contribution in [-0.4, -0.2) is 32.4 Å². The number of carboxylic acids is 1. The molecule has 0 amide bonds. The number of nitrogens with zero attached hydrogens (tertiary/aromatic N) is 3. The van der Waals surface area contributed by atoms with E-state index in [1.54, 1.807) is 6.20 Å². The van der Waals surface area contributed by atoms with Crippen LogP contribution < -0.4 is 5.32 Å². The molecule has 0 radical (unpaired) electrons. The minimum atomic E-state index is -0.947. The first kappa shape index (κ1) is 12.1. The van der Waals surface area contributed by atoms with Crippen molar-refractivity contribution in [3.63, 3.8) is 0 Å². The van der Waals surface area contributed by atoms with E-state index in [-0.39, 0.29) is 5.56 Å². The zero-order valence-electron chi connectivity index (χ0n) is 9.78. The number of rotatable bonds is 6. The second-order valence-electron chi connectivity index (χ2n) is 3.78. The Balaban J connectivity index is 1.79. The summed E-state index contributed by atoms with van der Waals surface area (Å²) >= 11 is 0. The third kappa shape index (κ3) is 3.31. The maximum absolute atomic E-state index is 10.8. The Labute approximate surface area is 104 Å². The van der Waals surface area contributed by atoms with Gasteiger partial charge in [-0.2, -0.15) is 5.10 Å². The first-order valence-electron chi connectivity index (χ1n) is 5.66. The van der Waals surface area contributed by atoms with Gasteiger partial charge in [0.1, 0.15) is 5.82 Å². The molecule has 18 heavy (non-hydrogen) atoms. The number of aromatic nitrogens is 3. The molecule has 0 bridgehead atoms. The number of hydrogen-bond acceptors (Lipinski definition) is 4. The predicted molar refractivity (Wildman–Crippen MR) is 66.5 cm³/mol. The Hall–Kier alpha value is -2.37. The molecule has 6 nitrogen and oxygen atoms in total. The molecule has 0 aliphatic rings. The highest BCUT2D eigenvalue weighted by molar-refractivity contribution is 5.88. The van der Waals surface area contributed by atoms with Gasteiger partial charge in [-0.25, -0.2) is 9.78 Å². The Bertz CT molecular complexity index is 511. The molecule has 0 fully saturated rings. The number of carboxylic acid groups (broad SMARTS) is 1. The molecule has 94 valence electrons. The van der Waals surface area contributed by atoms with E-state index >= 15 is 0 Å². The molecule has 2 heterocycles. The van der Waals surface area contributed by atoms with E-state index in [2.05, 4.69) is 15.4 Å². The SMILES string of the molecule is O=C(O)c1ccnc(NCCCn2cccn2)c1. The molecule has 2 N–H and O–H groups in total. The average Bonchev–Trinajstić information content (AvgIpc) is 2.88. The van der Waals surface area contributed by atoms with Crippen LogP contribution >= 0.6 is 0 Å². The normalized spacial score (nSPS) is 10.2. The van der Waals surface area contributed by atoms with Crippen molar-refractivity contribution in [2.24, 2.45) is 0 Å². The smallest absolute Gasteiger partial charge is 0.335 e. The second-order valence-corrected chi connectivity index (χ2v) is 3.78. The fraction of sp³-hybridized carbons (Fsp3) is 0.250. The van der Waals surface area contributed by atoms with Crippen molar-refractivity contribution in [1.29, 1.82) is 0 Å². The Morgan fingerprint density at radius 1 is 1.44 bits per heavy atom. The van der Waals surface area contributed by atoms with E-state index in [0.717, 1.165) is 19.5 Å². The fourth-order valence-corrected chi connectivity index (χ4v) is 1.55. The number of carbonyl (C=O) groups is 1. The molecule has 6 heteroatoms. The van der Waals surface area contributed by atoms with Crippen molar-refractivity contribution in [2.75, 3.05) is 11.9 Å². The van der Waals surface area contributed by atoms with Crippen LogP contribution in [0.1, 0.15) is 16.8 Å². The molecule has 0 saturated heterocycles. The molecule has 0 saturated carbocycles. The summed E-state index contributed by atoms with van der Waals surface area (Å²) in [6.07, 6.45) is 6.02. The van der Waals surface area contributed by atoms with Crippen molar-refractivity contribution in [3.05, 3.63) is 42.4 Å². The highest BCUT2D eigenvalue weighted by atomic mass is 16.4. The fourth-order valence-electron chi connectivity index (χ4n) is 1.55. The number of nitrogens with one attached hydrogen (secondary N) is 1. The predicted octanol–water partition coefficient (Wildman–Crippen LogP) is 1.48. The van der Waals surface area contributed by atoms with E-state index in [0.29, 0.717) is 5.82 Å². The lowest BCUT2D eigenvalue weighted by molar-refractivity contribution is 0.0697. The van der Waals surface area contributed by atoms with Crippen LogP contribution in [0.15, 0.2) is 36.8 Å². The van der Waals surface area contributed by atoms with E-state index in [4.69, 9.17) is 5.11 Å². The van der Waals surface area contributed by atoms with Crippen molar-refractivity contribution >= 4 is 11.8 Å².